The molecule has 1 aliphatic rings. The predicted molar refractivity (Wildman–Crippen MR) is 69.5 cm³/mol. The highest BCUT2D eigenvalue weighted by molar-refractivity contribution is 5.75. The van der Waals surface area contributed by atoms with Gasteiger partial charge in [-0.2, -0.15) is 0 Å². The van der Waals surface area contributed by atoms with Crippen molar-refractivity contribution in [3.05, 3.63) is 42.9 Å². The van der Waals surface area contributed by atoms with Crippen LogP contribution in [0.4, 0.5) is 0 Å². The van der Waals surface area contributed by atoms with Crippen LogP contribution in [0.5, 0.6) is 0 Å². The summed E-state index contributed by atoms with van der Waals surface area (Å²) in [7, 11) is 0. The quantitative estimate of drug-likeness (QED) is 0.878. The summed E-state index contributed by atoms with van der Waals surface area (Å²) in [6.45, 7) is 2.29. The lowest BCUT2D eigenvalue weighted by Gasteiger charge is -2.06. The fourth-order valence-corrected chi connectivity index (χ4v) is 2.26. The number of aromatic amines is 1. The molecular weight excluding hydrogens is 248 g/mol. The van der Waals surface area contributed by atoms with Crippen molar-refractivity contribution >= 4 is 11.1 Å². The van der Waals surface area contributed by atoms with Crippen LogP contribution in [0.3, 0.4) is 0 Å². The Kier molecular flexibility index (Phi) is 2.66. The zero-order valence-corrected chi connectivity index (χ0v) is 10.6. The summed E-state index contributed by atoms with van der Waals surface area (Å²) in [4.78, 5) is 38.1. The van der Waals surface area contributed by atoms with Crippen molar-refractivity contribution in [2.45, 2.75) is 32.7 Å². The van der Waals surface area contributed by atoms with Crippen molar-refractivity contribution in [2.24, 2.45) is 5.92 Å². The van der Waals surface area contributed by atoms with E-state index in [-0.39, 0.29) is 11.3 Å². The first-order valence-corrected chi connectivity index (χ1v) is 6.40. The lowest BCUT2D eigenvalue weighted by Crippen LogP contribution is -2.36. The Labute approximate surface area is 107 Å². The molecule has 1 saturated carbocycles. The minimum Gasteiger partial charge on any atom is -0.405 e. The van der Waals surface area contributed by atoms with Gasteiger partial charge in [-0.25, -0.2) is 9.59 Å². The molecule has 19 heavy (non-hydrogen) atoms. The second kappa shape index (κ2) is 4.22. The maximum absolute atomic E-state index is 12.4. The monoisotopic (exact) mass is 262 g/mol. The lowest BCUT2D eigenvalue weighted by atomic mass is 10.1. The van der Waals surface area contributed by atoms with E-state index in [0.29, 0.717) is 29.8 Å². The Balaban J connectivity index is 2.35. The van der Waals surface area contributed by atoms with E-state index in [1.54, 1.807) is 0 Å². The maximum Gasteiger partial charge on any atom is 0.337 e. The molecule has 0 atom stereocenters. The first-order valence-electron chi connectivity index (χ1n) is 6.40. The van der Waals surface area contributed by atoms with Crippen LogP contribution in [0.25, 0.3) is 11.1 Å². The van der Waals surface area contributed by atoms with Crippen LogP contribution >= 0.6 is 0 Å². The van der Waals surface area contributed by atoms with Gasteiger partial charge < -0.3 is 4.42 Å². The van der Waals surface area contributed by atoms with E-state index in [4.69, 9.17) is 4.42 Å². The molecule has 100 valence electrons. The highest BCUT2D eigenvalue weighted by Gasteiger charge is 2.24. The number of hydrogen-bond acceptors (Lipinski definition) is 4. The molecular formula is C13H14N2O4. The third-order valence-corrected chi connectivity index (χ3v) is 3.49. The van der Waals surface area contributed by atoms with E-state index in [0.717, 1.165) is 12.8 Å². The molecule has 6 nitrogen and oxygen atoms in total. The largest absolute Gasteiger partial charge is 0.405 e. The van der Waals surface area contributed by atoms with Gasteiger partial charge in [-0.3, -0.25) is 14.3 Å². The number of rotatable bonds is 3. The number of nitrogens with zero attached hydrogens (tertiary/aromatic N) is 1. The second-order valence-electron chi connectivity index (χ2n) is 4.94. The van der Waals surface area contributed by atoms with Crippen molar-refractivity contribution in [1.29, 1.82) is 0 Å². The summed E-state index contributed by atoms with van der Waals surface area (Å²) in [6, 6.07) is 1.31. The van der Waals surface area contributed by atoms with Gasteiger partial charge in [0.25, 0.3) is 5.56 Å². The van der Waals surface area contributed by atoms with E-state index >= 15 is 0 Å². The standard InChI is InChI=1S/C13H14N2O4/c1-2-8-5-9(16)19-11-10(8)12(17)15(13(18)14-11)6-7-3-4-7/h5,7H,2-4,6H2,1H3,(H,14,18). The zero-order chi connectivity index (χ0) is 13.6. The van der Waals surface area contributed by atoms with Gasteiger partial charge in [-0.1, -0.05) is 6.92 Å². The predicted octanol–water partition coefficient (Wildman–Crippen LogP) is 0.615. The zero-order valence-electron chi connectivity index (χ0n) is 10.6. The molecule has 0 spiro atoms. The summed E-state index contributed by atoms with van der Waals surface area (Å²) in [5.74, 6) is 0.414. The minimum absolute atomic E-state index is 0.0219. The fourth-order valence-electron chi connectivity index (χ4n) is 2.26. The smallest absolute Gasteiger partial charge is 0.337 e. The summed E-state index contributed by atoms with van der Waals surface area (Å²) in [5.41, 5.74) is -0.852. The molecule has 0 saturated heterocycles. The molecule has 6 heteroatoms. The Bertz CT molecular complexity index is 808. The highest BCUT2D eigenvalue weighted by Crippen LogP contribution is 2.29. The van der Waals surface area contributed by atoms with Crippen molar-refractivity contribution in [3.63, 3.8) is 0 Å². The maximum atomic E-state index is 12.4. The summed E-state index contributed by atoms with van der Waals surface area (Å²) in [6.07, 6.45) is 2.63. The third-order valence-electron chi connectivity index (χ3n) is 3.49. The van der Waals surface area contributed by atoms with Gasteiger partial charge in [0.2, 0.25) is 5.71 Å². The van der Waals surface area contributed by atoms with Crippen LogP contribution in [0.15, 0.2) is 24.9 Å². The van der Waals surface area contributed by atoms with Crippen molar-refractivity contribution in [3.8, 4) is 0 Å². The molecule has 2 aromatic heterocycles. The Morgan fingerprint density at radius 1 is 1.37 bits per heavy atom. The van der Waals surface area contributed by atoms with Gasteiger partial charge >= 0.3 is 11.3 Å². The summed E-state index contributed by atoms with van der Waals surface area (Å²) in [5, 5.41) is 0.308. The van der Waals surface area contributed by atoms with Crippen LogP contribution in [-0.2, 0) is 13.0 Å². The topological polar surface area (TPSA) is 85.1 Å². The first-order chi connectivity index (χ1) is 9.10. The van der Waals surface area contributed by atoms with E-state index in [9.17, 15) is 14.4 Å². The average molecular weight is 262 g/mol. The fraction of sp³-hybridized carbons (Fsp3) is 0.462. The number of H-pyrrole nitrogens is 1. The van der Waals surface area contributed by atoms with E-state index in [1.807, 2.05) is 6.92 Å². The number of hydrogen-bond donors (Lipinski definition) is 1. The van der Waals surface area contributed by atoms with Crippen LogP contribution in [0.2, 0.25) is 0 Å². The molecule has 0 aromatic carbocycles. The number of nitrogens with one attached hydrogen (secondary N) is 1. The van der Waals surface area contributed by atoms with Crippen LogP contribution in [0.1, 0.15) is 25.3 Å². The number of aryl methyl sites for hydroxylation is 1. The normalized spacial score (nSPS) is 15.0. The van der Waals surface area contributed by atoms with E-state index in [1.165, 1.54) is 10.6 Å². The minimum atomic E-state index is -0.556. The molecule has 3 rings (SSSR count). The molecule has 1 aliphatic carbocycles. The molecule has 0 amide bonds. The second-order valence-corrected chi connectivity index (χ2v) is 4.94. The van der Waals surface area contributed by atoms with Gasteiger partial charge in [-0.05, 0) is 30.7 Å². The van der Waals surface area contributed by atoms with Crippen LogP contribution in [0, 0.1) is 5.92 Å². The van der Waals surface area contributed by atoms with Gasteiger partial charge in [0.15, 0.2) is 0 Å². The molecule has 1 fully saturated rings. The number of aromatic nitrogens is 2. The van der Waals surface area contributed by atoms with Crippen molar-refractivity contribution in [1.82, 2.24) is 9.55 Å². The Morgan fingerprint density at radius 2 is 2.11 bits per heavy atom. The van der Waals surface area contributed by atoms with Gasteiger partial charge in [0.05, 0.1) is 0 Å². The average Bonchev–Trinajstić information content (AvgIpc) is 3.16. The summed E-state index contributed by atoms with van der Waals surface area (Å²) < 4.78 is 6.12. The third kappa shape index (κ3) is 2.03. The Morgan fingerprint density at radius 3 is 2.74 bits per heavy atom. The first kappa shape index (κ1) is 12.0. The molecule has 0 bridgehead atoms. The lowest BCUT2D eigenvalue weighted by molar-refractivity contribution is 0.528. The molecule has 2 heterocycles. The van der Waals surface area contributed by atoms with Crippen LogP contribution in [-0.4, -0.2) is 9.55 Å². The molecule has 0 aliphatic heterocycles. The molecule has 2 aromatic rings. The SMILES string of the molecule is CCc1cc(=O)oc2[nH]c(=O)n(CC3CC3)c(=O)c12. The van der Waals surface area contributed by atoms with E-state index < -0.39 is 11.3 Å². The summed E-state index contributed by atoms with van der Waals surface area (Å²) >= 11 is 0. The molecule has 0 radical (unpaired) electrons. The van der Waals surface area contributed by atoms with Gasteiger partial charge in [0.1, 0.15) is 5.39 Å². The van der Waals surface area contributed by atoms with Gasteiger partial charge in [0, 0.05) is 12.6 Å². The van der Waals surface area contributed by atoms with Gasteiger partial charge in [-0.15, -0.1) is 0 Å². The highest BCUT2D eigenvalue weighted by atomic mass is 16.4. The Hall–Kier alpha value is -2.11. The van der Waals surface area contributed by atoms with Crippen molar-refractivity contribution in [2.75, 3.05) is 0 Å². The molecule has 1 N–H and O–H groups in total. The van der Waals surface area contributed by atoms with E-state index in [2.05, 4.69) is 4.98 Å². The molecule has 0 unspecified atom stereocenters. The van der Waals surface area contributed by atoms with Crippen LogP contribution < -0.4 is 16.9 Å². The number of fused-ring (bicyclic) bond motifs is 1. The van der Waals surface area contributed by atoms with Crippen molar-refractivity contribution < 1.29 is 4.42 Å².